The molecule has 8 nitrogen and oxygen atoms in total. The van der Waals surface area contributed by atoms with Gasteiger partial charge in [0.1, 0.15) is 23.5 Å². The predicted octanol–water partition coefficient (Wildman–Crippen LogP) is 0.868. The van der Waals surface area contributed by atoms with Crippen molar-refractivity contribution in [1.82, 2.24) is 19.3 Å². The van der Waals surface area contributed by atoms with Crippen LogP contribution in [-0.4, -0.2) is 38.5 Å². The maximum atomic E-state index is 12.6. The smallest absolute Gasteiger partial charge is 0.325 e. The number of pyridine rings is 1. The molecule has 25 heavy (non-hydrogen) atoms. The van der Waals surface area contributed by atoms with Gasteiger partial charge in [-0.25, -0.2) is 4.98 Å². The number of fused-ring (bicyclic) bond motifs is 2. The lowest BCUT2D eigenvalue weighted by molar-refractivity contribution is -0.146. The number of esters is 1. The fourth-order valence-electron chi connectivity index (χ4n) is 2.59. The first-order chi connectivity index (χ1) is 11.9. The van der Waals surface area contributed by atoms with Crippen LogP contribution < -0.4 is 10.9 Å². The molecule has 0 bridgehead atoms. The Morgan fingerprint density at radius 2 is 2.08 bits per heavy atom. The van der Waals surface area contributed by atoms with Crippen molar-refractivity contribution in [2.75, 3.05) is 6.54 Å². The third-order valence-electron chi connectivity index (χ3n) is 3.70. The Hall–Kier alpha value is -3.16. The zero-order chi connectivity index (χ0) is 18.1. The molecule has 0 atom stereocenters. The van der Waals surface area contributed by atoms with E-state index in [1.165, 1.54) is 15.0 Å². The highest BCUT2D eigenvalue weighted by atomic mass is 16.5. The molecule has 0 aromatic carbocycles. The van der Waals surface area contributed by atoms with Crippen molar-refractivity contribution in [3.63, 3.8) is 0 Å². The molecule has 8 heteroatoms. The number of carbonyl (C=O) groups is 2. The fourth-order valence-corrected chi connectivity index (χ4v) is 2.59. The van der Waals surface area contributed by atoms with Crippen LogP contribution in [0.5, 0.6) is 0 Å². The van der Waals surface area contributed by atoms with E-state index in [1.54, 1.807) is 45.3 Å². The first-order valence-electron chi connectivity index (χ1n) is 7.83. The number of amides is 1. The molecule has 3 aromatic heterocycles. The van der Waals surface area contributed by atoms with Gasteiger partial charge in [0, 0.05) is 13.2 Å². The fraction of sp³-hybridized carbons (Fsp3) is 0.294. The minimum atomic E-state index is -0.522. The van der Waals surface area contributed by atoms with E-state index in [9.17, 15) is 14.4 Å². The van der Waals surface area contributed by atoms with Crippen molar-refractivity contribution < 1.29 is 14.3 Å². The monoisotopic (exact) mass is 342 g/mol. The Balaban J connectivity index is 1.95. The number of hydrogen-bond acceptors (Lipinski definition) is 5. The minimum absolute atomic E-state index is 0.243. The van der Waals surface area contributed by atoms with Crippen LogP contribution in [0.1, 0.15) is 24.3 Å². The summed E-state index contributed by atoms with van der Waals surface area (Å²) < 4.78 is 7.93. The summed E-state index contributed by atoms with van der Waals surface area (Å²) in [7, 11) is 1.65. The standard InChI is InChI=1S/C17H18N4O4/c1-10(2)25-14(22)9-18-16(23)12-8-11-15(20(12)3)19-13-6-4-5-7-21(13)17(11)24/h4-8,10H,9H2,1-3H3,(H,18,23). The number of aromatic nitrogens is 3. The molecule has 3 heterocycles. The van der Waals surface area contributed by atoms with Gasteiger partial charge in [-0.05, 0) is 32.0 Å². The molecule has 0 aliphatic carbocycles. The van der Waals surface area contributed by atoms with E-state index in [2.05, 4.69) is 10.3 Å². The second kappa shape index (κ2) is 6.39. The summed E-state index contributed by atoms with van der Waals surface area (Å²) in [6.45, 7) is 3.22. The Bertz CT molecular complexity index is 1030. The van der Waals surface area contributed by atoms with E-state index in [1.807, 2.05) is 0 Å². The highest BCUT2D eigenvalue weighted by Crippen LogP contribution is 2.14. The summed E-state index contributed by atoms with van der Waals surface area (Å²) in [5, 5.41) is 2.83. The zero-order valence-corrected chi connectivity index (χ0v) is 14.1. The molecule has 0 radical (unpaired) electrons. The number of carbonyl (C=O) groups excluding carboxylic acids is 2. The van der Waals surface area contributed by atoms with Crippen LogP contribution in [0.25, 0.3) is 16.7 Å². The minimum Gasteiger partial charge on any atom is -0.462 e. The number of ether oxygens (including phenoxy) is 1. The maximum Gasteiger partial charge on any atom is 0.325 e. The molecule has 0 aliphatic heterocycles. The van der Waals surface area contributed by atoms with Gasteiger partial charge in [0.05, 0.1) is 11.5 Å². The van der Waals surface area contributed by atoms with Crippen molar-refractivity contribution in [2.45, 2.75) is 20.0 Å². The summed E-state index contributed by atoms with van der Waals surface area (Å²) in [6.07, 6.45) is 1.37. The van der Waals surface area contributed by atoms with E-state index in [4.69, 9.17) is 4.74 Å². The van der Waals surface area contributed by atoms with Gasteiger partial charge in [0.15, 0.2) is 0 Å². The normalized spacial score (nSPS) is 11.2. The summed E-state index contributed by atoms with van der Waals surface area (Å²) in [6, 6.07) is 6.71. The first kappa shape index (κ1) is 16.7. The van der Waals surface area contributed by atoms with Crippen LogP contribution in [0.2, 0.25) is 0 Å². The highest BCUT2D eigenvalue weighted by Gasteiger charge is 2.18. The van der Waals surface area contributed by atoms with Crippen LogP contribution in [0.15, 0.2) is 35.3 Å². The maximum absolute atomic E-state index is 12.6. The van der Waals surface area contributed by atoms with Crippen LogP contribution >= 0.6 is 0 Å². The average molecular weight is 342 g/mol. The molecule has 0 saturated heterocycles. The number of aryl methyl sites for hydroxylation is 1. The first-order valence-corrected chi connectivity index (χ1v) is 7.83. The van der Waals surface area contributed by atoms with Crippen molar-refractivity contribution >= 4 is 28.6 Å². The highest BCUT2D eigenvalue weighted by molar-refractivity contribution is 5.99. The van der Waals surface area contributed by atoms with Gasteiger partial charge in [-0.1, -0.05) is 6.07 Å². The number of hydrogen-bond donors (Lipinski definition) is 1. The van der Waals surface area contributed by atoms with E-state index >= 15 is 0 Å². The molecule has 130 valence electrons. The van der Waals surface area contributed by atoms with Gasteiger partial charge >= 0.3 is 5.97 Å². The van der Waals surface area contributed by atoms with Crippen molar-refractivity contribution in [1.29, 1.82) is 0 Å². The third kappa shape index (κ3) is 3.10. The van der Waals surface area contributed by atoms with Gasteiger partial charge in [0.25, 0.3) is 11.5 Å². The van der Waals surface area contributed by atoms with Crippen molar-refractivity contribution in [2.24, 2.45) is 7.05 Å². The molecular formula is C17H18N4O4. The molecule has 0 aliphatic rings. The van der Waals surface area contributed by atoms with Gasteiger partial charge in [-0.15, -0.1) is 0 Å². The molecule has 3 aromatic rings. The van der Waals surface area contributed by atoms with Crippen LogP contribution in [-0.2, 0) is 16.6 Å². The van der Waals surface area contributed by atoms with Crippen molar-refractivity contribution in [3.05, 3.63) is 46.5 Å². The molecule has 0 unspecified atom stereocenters. The van der Waals surface area contributed by atoms with Gasteiger partial charge in [-0.2, -0.15) is 0 Å². The Labute approximate surface area is 143 Å². The van der Waals surface area contributed by atoms with Gasteiger partial charge in [0.2, 0.25) is 0 Å². The second-order valence-corrected chi connectivity index (χ2v) is 5.89. The largest absolute Gasteiger partial charge is 0.462 e. The molecule has 1 N–H and O–H groups in total. The number of nitrogens with zero attached hydrogens (tertiary/aromatic N) is 3. The predicted molar refractivity (Wildman–Crippen MR) is 91.5 cm³/mol. The van der Waals surface area contributed by atoms with Gasteiger partial charge < -0.3 is 14.6 Å². The second-order valence-electron chi connectivity index (χ2n) is 5.89. The zero-order valence-electron chi connectivity index (χ0n) is 14.1. The summed E-state index contributed by atoms with van der Waals surface area (Å²) in [4.78, 5) is 40.9. The van der Waals surface area contributed by atoms with Crippen LogP contribution in [0, 0.1) is 0 Å². The third-order valence-corrected chi connectivity index (χ3v) is 3.70. The Kier molecular flexibility index (Phi) is 4.26. The summed E-state index contributed by atoms with van der Waals surface area (Å²) in [5.74, 6) is -0.999. The molecule has 3 rings (SSSR count). The molecule has 0 spiro atoms. The lowest BCUT2D eigenvalue weighted by Crippen LogP contribution is -2.32. The van der Waals surface area contributed by atoms with Gasteiger partial charge in [-0.3, -0.25) is 18.8 Å². The molecular weight excluding hydrogens is 324 g/mol. The van der Waals surface area contributed by atoms with E-state index in [0.717, 1.165) is 0 Å². The molecule has 1 amide bonds. The quantitative estimate of drug-likeness (QED) is 0.710. The topological polar surface area (TPSA) is 94.7 Å². The van der Waals surface area contributed by atoms with E-state index in [-0.39, 0.29) is 23.9 Å². The Morgan fingerprint density at radius 1 is 1.32 bits per heavy atom. The molecule has 0 saturated carbocycles. The summed E-state index contributed by atoms with van der Waals surface area (Å²) >= 11 is 0. The molecule has 0 fully saturated rings. The van der Waals surface area contributed by atoms with E-state index in [0.29, 0.717) is 16.7 Å². The van der Waals surface area contributed by atoms with Crippen molar-refractivity contribution in [3.8, 4) is 0 Å². The summed E-state index contributed by atoms with van der Waals surface area (Å²) in [5.41, 5.74) is 0.891. The lowest BCUT2D eigenvalue weighted by atomic mass is 10.3. The van der Waals surface area contributed by atoms with Crippen LogP contribution in [0.3, 0.4) is 0 Å². The number of rotatable bonds is 4. The number of nitrogens with one attached hydrogen (secondary N) is 1. The van der Waals surface area contributed by atoms with E-state index < -0.39 is 11.9 Å². The lowest BCUT2D eigenvalue weighted by Gasteiger charge is -2.09. The Morgan fingerprint density at radius 3 is 2.80 bits per heavy atom. The van der Waals surface area contributed by atoms with Crippen LogP contribution in [0.4, 0.5) is 0 Å². The SMILES string of the molecule is CC(C)OC(=O)CNC(=O)c1cc2c(=O)n3ccccc3nc2n1C. The average Bonchev–Trinajstić information content (AvgIpc) is 2.90.